The van der Waals surface area contributed by atoms with Crippen LogP contribution in [0.4, 0.5) is 0 Å². The number of carbonyl (C=O) groups is 1. The van der Waals surface area contributed by atoms with Crippen LogP contribution in [0.3, 0.4) is 0 Å². The van der Waals surface area contributed by atoms with Crippen LogP contribution < -0.4 is 4.84 Å². The quantitative estimate of drug-likeness (QED) is 0.627. The van der Waals surface area contributed by atoms with Crippen molar-refractivity contribution in [2.75, 3.05) is 0 Å². The fraction of sp³-hybridized carbons (Fsp3) is 0.857. The molecule has 64 valence electrons. The Hall–Kier alpha value is -0.280. The van der Waals surface area contributed by atoms with Crippen molar-refractivity contribution in [1.29, 1.82) is 0 Å². The number of nitrogens with one attached hydrogen (secondary N) is 1. The third kappa shape index (κ3) is 2.07. The van der Waals surface area contributed by atoms with E-state index in [-0.39, 0.29) is 12.0 Å². The van der Waals surface area contributed by atoms with Crippen LogP contribution in [0.15, 0.2) is 0 Å². The van der Waals surface area contributed by atoms with Gasteiger partial charge < -0.3 is 5.11 Å². The lowest BCUT2D eigenvalue weighted by atomic mass is 9.85. The minimum Gasteiger partial charge on any atom is -0.481 e. The molecule has 0 aromatic heterocycles. The van der Waals surface area contributed by atoms with E-state index in [1.807, 2.05) is 0 Å². The molecule has 2 atom stereocenters. The molecule has 1 rings (SSSR count). The second-order valence-corrected chi connectivity index (χ2v) is 3.16. The Morgan fingerprint density at radius 3 is 2.55 bits per heavy atom. The lowest BCUT2D eigenvalue weighted by molar-refractivity contribution is -0.143. The number of rotatable bonds is 2. The van der Waals surface area contributed by atoms with E-state index in [1.54, 1.807) is 0 Å². The number of hydrogen-bond donors (Lipinski definition) is 2. The molecule has 2 N–H and O–H groups in total. The maximum atomic E-state index is 10.6. The number of carboxylic acids is 1. The number of halogens is 1. The lowest BCUT2D eigenvalue weighted by Gasteiger charge is -2.26. The summed E-state index contributed by atoms with van der Waals surface area (Å²) in [6.45, 7) is 0. The Morgan fingerprint density at radius 2 is 2.09 bits per heavy atom. The van der Waals surface area contributed by atoms with E-state index in [4.69, 9.17) is 16.9 Å². The standard InChI is InChI=1S/C7H12ClNO2/c8-9-6-4-2-1-3-5(6)7(10)11/h5-6,9H,1-4H2,(H,10,11). The highest BCUT2D eigenvalue weighted by Crippen LogP contribution is 2.24. The Bertz CT molecular complexity index is 151. The van der Waals surface area contributed by atoms with Crippen LogP contribution >= 0.6 is 11.8 Å². The molecule has 0 radical (unpaired) electrons. The minimum atomic E-state index is -0.733. The van der Waals surface area contributed by atoms with Crippen molar-refractivity contribution in [1.82, 2.24) is 4.84 Å². The zero-order chi connectivity index (χ0) is 8.27. The fourth-order valence-electron chi connectivity index (χ4n) is 1.56. The summed E-state index contributed by atoms with van der Waals surface area (Å²) in [7, 11) is 0. The SMILES string of the molecule is O=C(O)C1CCCCC1NCl. The van der Waals surface area contributed by atoms with Gasteiger partial charge in [-0.05, 0) is 24.6 Å². The van der Waals surface area contributed by atoms with Crippen molar-refractivity contribution in [2.24, 2.45) is 5.92 Å². The highest BCUT2D eigenvalue weighted by molar-refractivity contribution is 6.13. The van der Waals surface area contributed by atoms with Crippen molar-refractivity contribution < 1.29 is 9.90 Å². The first kappa shape index (κ1) is 8.81. The van der Waals surface area contributed by atoms with Crippen molar-refractivity contribution >= 4 is 17.7 Å². The van der Waals surface area contributed by atoms with Gasteiger partial charge in [-0.15, -0.1) is 0 Å². The molecule has 3 nitrogen and oxygen atoms in total. The molecule has 11 heavy (non-hydrogen) atoms. The van der Waals surface area contributed by atoms with Crippen LogP contribution in [-0.4, -0.2) is 17.1 Å². The number of aliphatic carboxylic acids is 1. The van der Waals surface area contributed by atoms with Crippen LogP contribution in [0.25, 0.3) is 0 Å². The predicted molar refractivity (Wildman–Crippen MR) is 42.4 cm³/mol. The van der Waals surface area contributed by atoms with Gasteiger partial charge in [-0.1, -0.05) is 12.8 Å². The molecular formula is C7H12ClNO2. The molecule has 1 saturated carbocycles. The third-order valence-corrected chi connectivity index (χ3v) is 2.50. The van der Waals surface area contributed by atoms with Gasteiger partial charge in [0.2, 0.25) is 0 Å². The summed E-state index contributed by atoms with van der Waals surface area (Å²) in [6.07, 6.45) is 3.71. The van der Waals surface area contributed by atoms with Gasteiger partial charge in [-0.3, -0.25) is 4.79 Å². The second-order valence-electron chi connectivity index (χ2n) is 2.94. The van der Waals surface area contributed by atoms with E-state index >= 15 is 0 Å². The zero-order valence-electron chi connectivity index (χ0n) is 6.22. The first-order valence-corrected chi connectivity index (χ1v) is 4.22. The Morgan fingerprint density at radius 1 is 1.45 bits per heavy atom. The molecule has 0 aromatic rings. The molecular weight excluding hydrogens is 166 g/mol. The normalized spacial score (nSPS) is 31.7. The lowest BCUT2D eigenvalue weighted by Crippen LogP contribution is -2.38. The molecule has 0 saturated heterocycles. The third-order valence-electron chi connectivity index (χ3n) is 2.22. The maximum Gasteiger partial charge on any atom is 0.308 e. The van der Waals surface area contributed by atoms with E-state index in [2.05, 4.69) is 4.84 Å². The van der Waals surface area contributed by atoms with Gasteiger partial charge in [0, 0.05) is 6.04 Å². The van der Waals surface area contributed by atoms with Gasteiger partial charge in [0.05, 0.1) is 5.92 Å². The highest BCUT2D eigenvalue weighted by Gasteiger charge is 2.29. The van der Waals surface area contributed by atoms with Gasteiger partial charge in [-0.2, -0.15) is 0 Å². The summed E-state index contributed by atoms with van der Waals surface area (Å²) in [5.74, 6) is -1.02. The van der Waals surface area contributed by atoms with Crippen molar-refractivity contribution in [2.45, 2.75) is 31.7 Å². The molecule has 0 amide bonds. The topological polar surface area (TPSA) is 49.3 Å². The zero-order valence-corrected chi connectivity index (χ0v) is 6.97. The smallest absolute Gasteiger partial charge is 0.308 e. The summed E-state index contributed by atoms with van der Waals surface area (Å²) in [4.78, 5) is 13.2. The minimum absolute atomic E-state index is 0.0390. The summed E-state index contributed by atoms with van der Waals surface area (Å²) >= 11 is 5.41. The van der Waals surface area contributed by atoms with E-state index in [0.29, 0.717) is 0 Å². The first-order chi connectivity index (χ1) is 5.25. The molecule has 1 aliphatic rings. The largest absolute Gasteiger partial charge is 0.481 e. The van der Waals surface area contributed by atoms with Gasteiger partial charge in [0.15, 0.2) is 0 Å². The Balaban J connectivity index is 2.51. The summed E-state index contributed by atoms with van der Waals surface area (Å²) in [5.41, 5.74) is 0. The van der Waals surface area contributed by atoms with E-state index < -0.39 is 5.97 Å². The first-order valence-electron chi connectivity index (χ1n) is 3.84. The summed E-state index contributed by atoms with van der Waals surface area (Å²) in [5, 5.41) is 8.74. The molecule has 1 aliphatic carbocycles. The van der Waals surface area contributed by atoms with Crippen LogP contribution in [0.1, 0.15) is 25.7 Å². The number of carboxylic acid groups (broad SMARTS) is 1. The van der Waals surface area contributed by atoms with Gasteiger partial charge in [0.25, 0.3) is 0 Å². The molecule has 0 spiro atoms. The van der Waals surface area contributed by atoms with Crippen LogP contribution in [0.2, 0.25) is 0 Å². The average Bonchev–Trinajstić information content (AvgIpc) is 2.04. The Kier molecular flexibility index (Phi) is 3.15. The Labute approximate surface area is 70.8 Å². The number of hydrogen-bond acceptors (Lipinski definition) is 2. The van der Waals surface area contributed by atoms with E-state index in [9.17, 15) is 4.79 Å². The van der Waals surface area contributed by atoms with Crippen LogP contribution in [-0.2, 0) is 4.79 Å². The molecule has 4 heteroatoms. The maximum absolute atomic E-state index is 10.6. The van der Waals surface area contributed by atoms with Crippen LogP contribution in [0, 0.1) is 5.92 Å². The molecule has 2 unspecified atom stereocenters. The molecule has 1 fully saturated rings. The predicted octanol–water partition coefficient (Wildman–Crippen LogP) is 1.37. The van der Waals surface area contributed by atoms with Crippen molar-refractivity contribution in [3.63, 3.8) is 0 Å². The fourth-order valence-corrected chi connectivity index (χ4v) is 1.82. The molecule has 0 bridgehead atoms. The summed E-state index contributed by atoms with van der Waals surface area (Å²) in [6, 6.07) is -0.0390. The van der Waals surface area contributed by atoms with E-state index in [1.165, 1.54) is 0 Å². The van der Waals surface area contributed by atoms with Gasteiger partial charge >= 0.3 is 5.97 Å². The highest BCUT2D eigenvalue weighted by atomic mass is 35.5. The van der Waals surface area contributed by atoms with Crippen molar-refractivity contribution in [3.8, 4) is 0 Å². The monoisotopic (exact) mass is 177 g/mol. The molecule has 0 heterocycles. The average molecular weight is 178 g/mol. The van der Waals surface area contributed by atoms with Gasteiger partial charge in [-0.25, -0.2) is 4.84 Å². The van der Waals surface area contributed by atoms with Crippen LogP contribution in [0.5, 0.6) is 0 Å². The van der Waals surface area contributed by atoms with Crippen molar-refractivity contribution in [3.05, 3.63) is 0 Å². The molecule has 0 aliphatic heterocycles. The van der Waals surface area contributed by atoms with Gasteiger partial charge in [0.1, 0.15) is 0 Å². The molecule has 0 aromatic carbocycles. The summed E-state index contributed by atoms with van der Waals surface area (Å²) < 4.78 is 0. The van der Waals surface area contributed by atoms with E-state index in [0.717, 1.165) is 25.7 Å². The second kappa shape index (κ2) is 3.93.